The summed E-state index contributed by atoms with van der Waals surface area (Å²) in [6, 6.07) is 9.49. The number of ketones is 1. The molecule has 2 unspecified atom stereocenters. The van der Waals surface area contributed by atoms with Crippen LogP contribution in [-0.2, 0) is 17.2 Å². The lowest BCUT2D eigenvalue weighted by Crippen LogP contribution is -2.41. The van der Waals surface area contributed by atoms with Crippen LogP contribution >= 0.6 is 0 Å². The van der Waals surface area contributed by atoms with Crippen LogP contribution in [0, 0.1) is 17.2 Å². The van der Waals surface area contributed by atoms with Gasteiger partial charge in [-0.1, -0.05) is 30.7 Å². The lowest BCUT2D eigenvalue weighted by molar-refractivity contribution is 0.0895. The Morgan fingerprint density at radius 1 is 1.19 bits per heavy atom. The van der Waals surface area contributed by atoms with E-state index in [1.54, 1.807) is 0 Å². The van der Waals surface area contributed by atoms with Gasteiger partial charge < -0.3 is 0 Å². The highest BCUT2D eigenvalue weighted by molar-refractivity contribution is 7.86. The molecule has 1 aromatic rings. The van der Waals surface area contributed by atoms with Crippen LogP contribution in [0.4, 0.5) is 0 Å². The number of rotatable bonds is 3. The van der Waals surface area contributed by atoms with Gasteiger partial charge in [0.2, 0.25) is 0 Å². The summed E-state index contributed by atoms with van der Waals surface area (Å²) in [7, 11) is -0.724. The molecule has 2 bridgehead atoms. The molecule has 2 heterocycles. The number of hydrogen-bond acceptors (Lipinski definition) is 3. The zero-order valence-electron chi connectivity index (χ0n) is 12.0. The van der Waals surface area contributed by atoms with Crippen LogP contribution in [0.5, 0.6) is 0 Å². The van der Waals surface area contributed by atoms with Crippen molar-refractivity contribution in [2.45, 2.75) is 49.0 Å². The van der Waals surface area contributed by atoms with Crippen molar-refractivity contribution in [1.82, 2.24) is 0 Å². The molecule has 2 aliphatic rings. The average molecular weight is 301 g/mol. The normalized spacial score (nSPS) is 31.4. The highest BCUT2D eigenvalue weighted by Crippen LogP contribution is 2.38. The third-order valence-corrected chi connectivity index (χ3v) is 6.87. The maximum absolute atomic E-state index is 12.6. The third-order valence-electron chi connectivity index (χ3n) is 4.70. The minimum atomic E-state index is -0.724. The third kappa shape index (κ3) is 2.94. The molecule has 2 aliphatic heterocycles. The van der Waals surface area contributed by atoms with Crippen molar-refractivity contribution in [2.75, 3.05) is 0 Å². The monoisotopic (exact) mass is 301 g/mol. The van der Waals surface area contributed by atoms with Gasteiger partial charge in [-0.05, 0) is 31.2 Å². The van der Waals surface area contributed by atoms with E-state index >= 15 is 0 Å². The lowest BCUT2D eigenvalue weighted by atomic mass is 9.84. The second-order valence-corrected chi connectivity index (χ2v) is 8.06. The molecule has 110 valence electrons. The van der Waals surface area contributed by atoms with Crippen molar-refractivity contribution in [1.29, 1.82) is 5.26 Å². The predicted octanol–water partition coefficient (Wildman–Crippen LogP) is 3.02. The zero-order valence-corrected chi connectivity index (χ0v) is 12.8. The van der Waals surface area contributed by atoms with Crippen molar-refractivity contribution in [2.24, 2.45) is 5.92 Å². The van der Waals surface area contributed by atoms with Crippen LogP contribution < -0.4 is 0 Å². The number of hydrogen-bond donors (Lipinski definition) is 0. The SMILES string of the molecule is N#CCc1ccc(C(=O)C2CC3CCCC(C2)S3=O)cc1. The summed E-state index contributed by atoms with van der Waals surface area (Å²) in [4.78, 5) is 12.6. The summed E-state index contributed by atoms with van der Waals surface area (Å²) < 4.78 is 12.2. The Balaban J connectivity index is 1.73. The highest BCUT2D eigenvalue weighted by Gasteiger charge is 2.40. The first-order chi connectivity index (χ1) is 10.2. The van der Waals surface area contributed by atoms with Gasteiger partial charge in [0, 0.05) is 32.8 Å². The van der Waals surface area contributed by atoms with Crippen LogP contribution in [0.3, 0.4) is 0 Å². The number of carbonyl (C=O) groups is 1. The molecule has 3 rings (SSSR count). The molecule has 4 heteroatoms. The Hall–Kier alpha value is -1.47. The Bertz CT molecular complexity index is 586. The summed E-state index contributed by atoms with van der Waals surface area (Å²) in [6.07, 6.45) is 5.11. The second-order valence-electron chi connectivity index (χ2n) is 6.07. The van der Waals surface area contributed by atoms with Gasteiger partial charge in [0.05, 0.1) is 12.5 Å². The molecule has 2 fully saturated rings. The molecule has 1 aromatic carbocycles. The van der Waals surface area contributed by atoms with E-state index in [9.17, 15) is 9.00 Å². The number of nitrogens with zero attached hydrogens (tertiary/aromatic N) is 1. The molecule has 0 radical (unpaired) electrons. The first-order valence-electron chi connectivity index (χ1n) is 7.58. The fourth-order valence-corrected chi connectivity index (χ4v) is 5.75. The maximum Gasteiger partial charge on any atom is 0.166 e. The summed E-state index contributed by atoms with van der Waals surface area (Å²) in [5, 5.41) is 9.13. The van der Waals surface area contributed by atoms with Crippen molar-refractivity contribution in [3.63, 3.8) is 0 Å². The van der Waals surface area contributed by atoms with Crippen molar-refractivity contribution in [3.8, 4) is 6.07 Å². The Morgan fingerprint density at radius 2 is 1.81 bits per heavy atom. The number of Topliss-reactive ketones (excluding diaryl/α,β-unsaturated/α-hetero) is 1. The van der Waals surface area contributed by atoms with E-state index < -0.39 is 10.8 Å². The van der Waals surface area contributed by atoms with E-state index in [0.717, 1.165) is 43.2 Å². The summed E-state index contributed by atoms with van der Waals surface area (Å²) in [5.41, 5.74) is 1.67. The van der Waals surface area contributed by atoms with Gasteiger partial charge in [0.1, 0.15) is 0 Å². The number of carbonyl (C=O) groups excluding carboxylic acids is 1. The number of fused-ring (bicyclic) bond motifs is 2. The van der Waals surface area contributed by atoms with Crippen LogP contribution in [0.1, 0.15) is 48.0 Å². The van der Waals surface area contributed by atoms with E-state index in [-0.39, 0.29) is 22.2 Å². The van der Waals surface area contributed by atoms with Gasteiger partial charge in [0.15, 0.2) is 5.78 Å². The summed E-state index contributed by atoms with van der Waals surface area (Å²) >= 11 is 0. The van der Waals surface area contributed by atoms with Crippen molar-refractivity contribution < 1.29 is 9.00 Å². The molecule has 0 amide bonds. The minimum Gasteiger partial charge on any atom is -0.294 e. The van der Waals surface area contributed by atoms with Crippen molar-refractivity contribution in [3.05, 3.63) is 35.4 Å². The van der Waals surface area contributed by atoms with Gasteiger partial charge in [-0.15, -0.1) is 0 Å². The van der Waals surface area contributed by atoms with Gasteiger partial charge >= 0.3 is 0 Å². The van der Waals surface area contributed by atoms with Crippen LogP contribution in [0.2, 0.25) is 0 Å². The lowest BCUT2D eigenvalue weighted by Gasteiger charge is -2.37. The molecule has 2 atom stereocenters. The fraction of sp³-hybridized carbons (Fsp3) is 0.529. The van der Waals surface area contributed by atoms with Crippen LogP contribution in [0.25, 0.3) is 0 Å². The molecular weight excluding hydrogens is 282 g/mol. The summed E-state index contributed by atoms with van der Waals surface area (Å²) in [6.45, 7) is 0. The minimum absolute atomic E-state index is 0.0276. The molecule has 0 aliphatic carbocycles. The van der Waals surface area contributed by atoms with Crippen LogP contribution in [-0.4, -0.2) is 20.5 Å². The first kappa shape index (κ1) is 14.5. The van der Waals surface area contributed by atoms with Gasteiger partial charge in [-0.3, -0.25) is 9.00 Å². The molecular formula is C17H19NO2S. The maximum atomic E-state index is 12.6. The zero-order chi connectivity index (χ0) is 14.8. The summed E-state index contributed by atoms with van der Waals surface area (Å²) in [5.74, 6) is 0.215. The van der Waals surface area contributed by atoms with E-state index in [1.165, 1.54) is 0 Å². The molecule has 0 saturated carbocycles. The molecule has 3 nitrogen and oxygen atoms in total. The number of nitriles is 1. The standard InChI is InChI=1S/C17H19NO2S/c18-9-8-12-4-6-13(7-5-12)17(19)14-10-15-2-1-3-16(11-14)21(15)20/h4-7,14-16H,1-3,8,10-11H2. The Kier molecular flexibility index (Phi) is 4.21. The molecule has 0 N–H and O–H groups in total. The van der Waals surface area contributed by atoms with Crippen molar-refractivity contribution >= 4 is 16.6 Å². The molecule has 0 spiro atoms. The van der Waals surface area contributed by atoms with Gasteiger partial charge in [-0.2, -0.15) is 5.26 Å². The van der Waals surface area contributed by atoms with Gasteiger partial charge in [-0.25, -0.2) is 0 Å². The Labute approximate surface area is 127 Å². The largest absolute Gasteiger partial charge is 0.294 e. The smallest absolute Gasteiger partial charge is 0.166 e. The molecule has 21 heavy (non-hydrogen) atoms. The number of benzene rings is 1. The van der Waals surface area contributed by atoms with Gasteiger partial charge in [0.25, 0.3) is 0 Å². The van der Waals surface area contributed by atoms with E-state index in [4.69, 9.17) is 5.26 Å². The average Bonchev–Trinajstić information content (AvgIpc) is 2.47. The molecule has 2 saturated heterocycles. The Morgan fingerprint density at radius 3 is 2.38 bits per heavy atom. The highest BCUT2D eigenvalue weighted by atomic mass is 32.2. The van der Waals surface area contributed by atoms with E-state index in [2.05, 4.69) is 6.07 Å². The fourth-order valence-electron chi connectivity index (χ4n) is 3.56. The topological polar surface area (TPSA) is 57.9 Å². The quantitative estimate of drug-likeness (QED) is 0.806. The first-order valence-corrected chi connectivity index (χ1v) is 8.86. The second kappa shape index (κ2) is 6.11. The molecule has 0 aromatic heterocycles. The van der Waals surface area contributed by atoms with E-state index in [0.29, 0.717) is 6.42 Å². The van der Waals surface area contributed by atoms with Crippen LogP contribution in [0.15, 0.2) is 24.3 Å². The predicted molar refractivity (Wildman–Crippen MR) is 82.4 cm³/mol. The van der Waals surface area contributed by atoms with E-state index in [1.807, 2.05) is 24.3 Å².